The minimum Gasteiger partial charge on any atom is -0.341 e. The van der Waals surface area contributed by atoms with Gasteiger partial charge in [0.15, 0.2) is 5.65 Å². The van der Waals surface area contributed by atoms with Gasteiger partial charge in [0.05, 0.1) is 5.52 Å². The predicted octanol–water partition coefficient (Wildman–Crippen LogP) is 2.92. The fraction of sp³-hybridized carbons (Fsp3) is 0.400. The molecule has 0 saturated carbocycles. The molecular weight excluding hydrogens is 242 g/mol. The van der Waals surface area contributed by atoms with Crippen molar-refractivity contribution in [3.63, 3.8) is 0 Å². The number of rotatable bonds is 2. The van der Waals surface area contributed by atoms with Crippen LogP contribution in [0.3, 0.4) is 0 Å². The third-order valence-corrected chi connectivity index (χ3v) is 2.39. The molecule has 0 saturated heterocycles. The number of aromatic amines is 1. The zero-order chi connectivity index (χ0) is 10.1. The van der Waals surface area contributed by atoms with Gasteiger partial charge in [0.2, 0.25) is 0 Å². The molecule has 0 atom stereocenters. The Hall–Kier alpha value is -0.900. The number of hydrogen-bond acceptors (Lipinski definition) is 2. The zero-order valence-corrected chi connectivity index (χ0v) is 9.80. The first-order valence-corrected chi connectivity index (χ1v) is 5.44. The molecule has 0 aliphatic rings. The van der Waals surface area contributed by atoms with Crippen LogP contribution < -0.4 is 0 Å². The Balaban J connectivity index is 2.41. The second-order valence-corrected chi connectivity index (χ2v) is 4.72. The van der Waals surface area contributed by atoms with E-state index in [1.165, 1.54) is 0 Å². The first-order chi connectivity index (χ1) is 6.65. The molecule has 0 spiro atoms. The summed E-state index contributed by atoms with van der Waals surface area (Å²) < 4.78 is 0.977. The van der Waals surface area contributed by atoms with Crippen LogP contribution >= 0.6 is 15.9 Å². The van der Waals surface area contributed by atoms with Gasteiger partial charge in [-0.05, 0) is 27.9 Å². The number of pyridine rings is 1. The molecule has 0 aromatic carbocycles. The molecule has 0 bridgehead atoms. The van der Waals surface area contributed by atoms with Gasteiger partial charge in [-0.25, -0.2) is 9.97 Å². The summed E-state index contributed by atoms with van der Waals surface area (Å²) in [5.41, 5.74) is 1.79. The number of fused-ring (bicyclic) bond motifs is 1. The van der Waals surface area contributed by atoms with Gasteiger partial charge in [0, 0.05) is 17.1 Å². The van der Waals surface area contributed by atoms with Crippen LogP contribution in [-0.2, 0) is 6.42 Å². The maximum atomic E-state index is 4.41. The molecule has 1 N–H and O–H groups in total. The average molecular weight is 254 g/mol. The zero-order valence-electron chi connectivity index (χ0n) is 8.21. The lowest BCUT2D eigenvalue weighted by atomic mass is 10.1. The Kier molecular flexibility index (Phi) is 2.54. The number of nitrogens with zero attached hydrogens (tertiary/aromatic N) is 2. The topological polar surface area (TPSA) is 41.6 Å². The Bertz CT molecular complexity index is 448. The first-order valence-electron chi connectivity index (χ1n) is 4.65. The van der Waals surface area contributed by atoms with E-state index in [1.807, 2.05) is 6.07 Å². The van der Waals surface area contributed by atoms with Crippen molar-refractivity contribution in [2.75, 3.05) is 0 Å². The highest BCUT2D eigenvalue weighted by Gasteiger charge is 2.05. The Labute approximate surface area is 91.1 Å². The molecule has 0 aliphatic carbocycles. The van der Waals surface area contributed by atoms with E-state index in [-0.39, 0.29) is 0 Å². The molecule has 4 heteroatoms. The van der Waals surface area contributed by atoms with Gasteiger partial charge in [-0.2, -0.15) is 0 Å². The fourth-order valence-electron chi connectivity index (χ4n) is 1.41. The van der Waals surface area contributed by atoms with Crippen molar-refractivity contribution in [3.8, 4) is 0 Å². The summed E-state index contributed by atoms with van der Waals surface area (Å²) in [5.74, 6) is 1.62. The minimum absolute atomic E-state index is 0.610. The average Bonchev–Trinajstić information content (AvgIpc) is 2.44. The number of H-pyrrole nitrogens is 1. The molecule has 2 aromatic heterocycles. The largest absolute Gasteiger partial charge is 0.341 e. The molecule has 14 heavy (non-hydrogen) atoms. The highest BCUT2D eigenvalue weighted by Crippen LogP contribution is 2.16. The number of imidazole rings is 1. The van der Waals surface area contributed by atoms with Crippen LogP contribution in [0.1, 0.15) is 19.7 Å². The van der Waals surface area contributed by atoms with E-state index in [9.17, 15) is 0 Å². The summed E-state index contributed by atoms with van der Waals surface area (Å²) >= 11 is 3.38. The highest BCUT2D eigenvalue weighted by molar-refractivity contribution is 9.10. The summed E-state index contributed by atoms with van der Waals surface area (Å²) in [7, 11) is 0. The molecule has 2 rings (SSSR count). The third-order valence-electron chi connectivity index (χ3n) is 1.95. The molecule has 0 aliphatic heterocycles. The van der Waals surface area contributed by atoms with Crippen LogP contribution in [0, 0.1) is 5.92 Å². The fourth-order valence-corrected chi connectivity index (χ4v) is 1.74. The van der Waals surface area contributed by atoms with Crippen molar-refractivity contribution in [3.05, 3.63) is 22.6 Å². The first kappa shape index (κ1) is 9.65. The Morgan fingerprint density at radius 2 is 2.29 bits per heavy atom. The van der Waals surface area contributed by atoms with Gasteiger partial charge in [-0.3, -0.25) is 0 Å². The van der Waals surface area contributed by atoms with Crippen LogP contribution in [0.2, 0.25) is 0 Å². The van der Waals surface area contributed by atoms with Crippen LogP contribution in [0.4, 0.5) is 0 Å². The predicted molar refractivity (Wildman–Crippen MR) is 60.1 cm³/mol. The normalized spacial score (nSPS) is 11.4. The molecule has 74 valence electrons. The van der Waals surface area contributed by atoms with E-state index in [4.69, 9.17) is 0 Å². The lowest BCUT2D eigenvalue weighted by molar-refractivity contribution is 0.627. The molecule has 2 aromatic rings. The van der Waals surface area contributed by atoms with Crippen molar-refractivity contribution in [1.29, 1.82) is 0 Å². The maximum absolute atomic E-state index is 4.41. The van der Waals surface area contributed by atoms with Crippen LogP contribution in [0.5, 0.6) is 0 Å². The second kappa shape index (κ2) is 3.69. The van der Waals surface area contributed by atoms with Crippen molar-refractivity contribution < 1.29 is 0 Å². The number of halogens is 1. The lowest BCUT2D eigenvalue weighted by Crippen LogP contribution is -1.95. The van der Waals surface area contributed by atoms with Crippen molar-refractivity contribution >= 4 is 27.1 Å². The van der Waals surface area contributed by atoms with E-state index in [0.717, 1.165) is 27.9 Å². The van der Waals surface area contributed by atoms with E-state index >= 15 is 0 Å². The summed E-state index contributed by atoms with van der Waals surface area (Å²) in [5, 5.41) is 0. The van der Waals surface area contributed by atoms with Crippen molar-refractivity contribution in [2.24, 2.45) is 5.92 Å². The maximum Gasteiger partial charge on any atom is 0.177 e. The molecule has 0 unspecified atom stereocenters. The molecule has 0 amide bonds. The quantitative estimate of drug-likeness (QED) is 0.895. The standard InChI is InChI=1S/C10H12BrN3/c1-6(2)3-9-13-8-4-7(11)5-12-10(8)14-9/h4-6H,3H2,1-2H3,(H,12,13,14). The second-order valence-electron chi connectivity index (χ2n) is 3.81. The van der Waals surface area contributed by atoms with Gasteiger partial charge >= 0.3 is 0 Å². The van der Waals surface area contributed by atoms with Gasteiger partial charge in [-0.1, -0.05) is 13.8 Å². The Morgan fingerprint density at radius 3 is 3.00 bits per heavy atom. The lowest BCUT2D eigenvalue weighted by Gasteiger charge is -1.98. The smallest absolute Gasteiger partial charge is 0.177 e. The highest BCUT2D eigenvalue weighted by atomic mass is 79.9. The van der Waals surface area contributed by atoms with Crippen LogP contribution in [-0.4, -0.2) is 15.0 Å². The Morgan fingerprint density at radius 1 is 1.50 bits per heavy atom. The molecule has 0 radical (unpaired) electrons. The molecule has 0 fully saturated rings. The number of aromatic nitrogens is 3. The van der Waals surface area contributed by atoms with E-state index in [1.54, 1.807) is 6.20 Å². The SMILES string of the molecule is CC(C)Cc1nc2ncc(Br)cc2[nH]1. The van der Waals surface area contributed by atoms with Crippen molar-refractivity contribution in [2.45, 2.75) is 20.3 Å². The summed E-state index contributed by atoms with van der Waals surface area (Å²) in [6.07, 6.45) is 2.73. The van der Waals surface area contributed by atoms with Crippen molar-refractivity contribution in [1.82, 2.24) is 15.0 Å². The van der Waals surface area contributed by atoms with Crippen LogP contribution in [0.25, 0.3) is 11.2 Å². The summed E-state index contributed by atoms with van der Waals surface area (Å²) in [4.78, 5) is 11.9. The molecular formula is C10H12BrN3. The summed E-state index contributed by atoms with van der Waals surface area (Å²) in [6, 6.07) is 2.00. The minimum atomic E-state index is 0.610. The van der Waals surface area contributed by atoms with E-state index in [2.05, 4.69) is 44.7 Å². The van der Waals surface area contributed by atoms with Gasteiger partial charge < -0.3 is 4.98 Å². The van der Waals surface area contributed by atoms with E-state index in [0.29, 0.717) is 5.92 Å². The number of nitrogens with one attached hydrogen (secondary N) is 1. The third kappa shape index (κ3) is 1.95. The van der Waals surface area contributed by atoms with Crippen LogP contribution in [0.15, 0.2) is 16.7 Å². The van der Waals surface area contributed by atoms with Gasteiger partial charge in [0.1, 0.15) is 5.82 Å². The molecule has 2 heterocycles. The number of hydrogen-bond donors (Lipinski definition) is 1. The summed E-state index contributed by atoms with van der Waals surface area (Å²) in [6.45, 7) is 4.35. The molecule has 3 nitrogen and oxygen atoms in total. The van der Waals surface area contributed by atoms with Gasteiger partial charge in [-0.15, -0.1) is 0 Å². The van der Waals surface area contributed by atoms with Gasteiger partial charge in [0.25, 0.3) is 0 Å². The van der Waals surface area contributed by atoms with E-state index < -0.39 is 0 Å². The monoisotopic (exact) mass is 253 g/mol.